The van der Waals surface area contributed by atoms with Crippen LogP contribution in [0.25, 0.3) is 11.5 Å². The van der Waals surface area contributed by atoms with Gasteiger partial charge >= 0.3 is 0 Å². The maximum absolute atomic E-state index is 12.4. The van der Waals surface area contributed by atoms with Gasteiger partial charge in [-0.1, -0.05) is 84.0 Å². The summed E-state index contributed by atoms with van der Waals surface area (Å²) in [5.41, 5.74) is 4.42. The first-order valence-electron chi connectivity index (χ1n) is 10.5. The smallest absolute Gasteiger partial charge is 0.258 e. The summed E-state index contributed by atoms with van der Waals surface area (Å²) in [5, 5.41) is 6.97. The quantitative estimate of drug-likeness (QED) is 0.447. The highest BCUT2D eigenvalue weighted by Gasteiger charge is 2.16. The van der Waals surface area contributed by atoms with Gasteiger partial charge in [-0.05, 0) is 36.1 Å². The van der Waals surface area contributed by atoms with Crippen molar-refractivity contribution in [2.24, 2.45) is 0 Å². The maximum Gasteiger partial charge on any atom is 0.258 e. The van der Waals surface area contributed by atoms with Crippen LogP contribution in [-0.2, 0) is 11.2 Å². The molecule has 5 nitrogen and oxygen atoms in total. The summed E-state index contributed by atoms with van der Waals surface area (Å²) in [5.74, 6) is 0.935. The van der Waals surface area contributed by atoms with Crippen LogP contribution in [0.4, 0.5) is 0 Å². The number of aryl methyl sites for hydroxylation is 1. The van der Waals surface area contributed by atoms with Gasteiger partial charge in [0.1, 0.15) is 0 Å². The van der Waals surface area contributed by atoms with E-state index in [0.717, 1.165) is 17.5 Å². The summed E-state index contributed by atoms with van der Waals surface area (Å²) < 4.78 is 5.35. The van der Waals surface area contributed by atoms with Gasteiger partial charge in [0, 0.05) is 18.0 Å². The van der Waals surface area contributed by atoms with Gasteiger partial charge in [-0.2, -0.15) is 4.98 Å². The normalized spacial score (nSPS) is 10.9. The third-order valence-electron chi connectivity index (χ3n) is 5.32. The molecule has 0 radical (unpaired) electrons. The molecule has 0 aliphatic carbocycles. The molecule has 0 saturated carbocycles. The van der Waals surface area contributed by atoms with E-state index >= 15 is 0 Å². The highest BCUT2D eigenvalue weighted by molar-refractivity contribution is 5.77. The summed E-state index contributed by atoms with van der Waals surface area (Å²) in [4.78, 5) is 16.8. The molecule has 0 spiro atoms. The topological polar surface area (TPSA) is 68.0 Å². The average molecular weight is 412 g/mol. The second kappa shape index (κ2) is 9.85. The molecule has 1 heterocycles. The second-order valence-electron chi connectivity index (χ2n) is 7.52. The number of rotatable bonds is 8. The van der Waals surface area contributed by atoms with E-state index in [1.807, 2.05) is 67.6 Å². The molecular weight excluding hydrogens is 386 g/mol. The number of carbonyl (C=O) groups is 1. The summed E-state index contributed by atoms with van der Waals surface area (Å²) in [6, 6.07) is 28.6. The Morgan fingerprint density at radius 2 is 1.52 bits per heavy atom. The summed E-state index contributed by atoms with van der Waals surface area (Å²) in [7, 11) is 0. The van der Waals surface area contributed by atoms with E-state index in [1.54, 1.807) is 0 Å². The predicted octanol–water partition coefficient (Wildman–Crippen LogP) is 4.93. The Hall–Kier alpha value is -3.73. The minimum atomic E-state index is -0.114. The van der Waals surface area contributed by atoms with E-state index in [2.05, 4.69) is 39.7 Å². The second-order valence-corrected chi connectivity index (χ2v) is 7.52. The van der Waals surface area contributed by atoms with Crippen LogP contribution in [0.5, 0.6) is 0 Å². The maximum atomic E-state index is 12.4. The fraction of sp³-hybridized carbons (Fsp3) is 0.192. The lowest BCUT2D eigenvalue weighted by Gasteiger charge is -2.18. The Kier molecular flexibility index (Phi) is 6.53. The molecule has 4 aromatic rings. The zero-order chi connectivity index (χ0) is 21.5. The van der Waals surface area contributed by atoms with Gasteiger partial charge in [-0.25, -0.2) is 0 Å². The van der Waals surface area contributed by atoms with E-state index in [1.165, 1.54) is 11.1 Å². The predicted molar refractivity (Wildman–Crippen MR) is 121 cm³/mol. The molecule has 4 rings (SSSR count). The van der Waals surface area contributed by atoms with Gasteiger partial charge in [0.05, 0.1) is 6.42 Å². The van der Waals surface area contributed by atoms with Crippen molar-refractivity contribution >= 4 is 5.91 Å². The van der Waals surface area contributed by atoms with Gasteiger partial charge in [0.15, 0.2) is 5.82 Å². The molecule has 0 saturated heterocycles. The first kappa shape index (κ1) is 20.5. The third-order valence-corrected chi connectivity index (χ3v) is 5.32. The SMILES string of the molecule is Cc1ccccc1-c1nc(CC(=O)NCCC(c2ccccc2)c2ccccc2)no1. The van der Waals surface area contributed by atoms with Crippen LogP contribution >= 0.6 is 0 Å². The number of hydrogen-bond acceptors (Lipinski definition) is 4. The highest BCUT2D eigenvalue weighted by Crippen LogP contribution is 2.27. The number of benzene rings is 3. The molecule has 1 amide bonds. The van der Waals surface area contributed by atoms with Crippen molar-refractivity contribution in [3.63, 3.8) is 0 Å². The number of carbonyl (C=O) groups excluding carboxylic acids is 1. The lowest BCUT2D eigenvalue weighted by atomic mass is 9.88. The average Bonchev–Trinajstić information content (AvgIpc) is 3.26. The van der Waals surface area contributed by atoms with Crippen LogP contribution in [0.1, 0.15) is 34.9 Å². The van der Waals surface area contributed by atoms with Gasteiger partial charge in [-0.3, -0.25) is 4.79 Å². The molecule has 0 atom stereocenters. The van der Waals surface area contributed by atoms with Crippen LogP contribution in [0.2, 0.25) is 0 Å². The first-order valence-corrected chi connectivity index (χ1v) is 10.5. The molecule has 0 unspecified atom stereocenters. The lowest BCUT2D eigenvalue weighted by molar-refractivity contribution is -0.120. The number of amides is 1. The molecule has 0 aliphatic heterocycles. The van der Waals surface area contributed by atoms with Crippen LogP contribution in [-0.4, -0.2) is 22.6 Å². The van der Waals surface area contributed by atoms with Gasteiger partial charge in [0.25, 0.3) is 5.89 Å². The minimum Gasteiger partial charge on any atom is -0.356 e. The lowest BCUT2D eigenvalue weighted by Crippen LogP contribution is -2.27. The highest BCUT2D eigenvalue weighted by atomic mass is 16.5. The molecule has 5 heteroatoms. The molecular formula is C26H25N3O2. The number of nitrogens with zero attached hydrogens (tertiary/aromatic N) is 2. The van der Waals surface area contributed by atoms with E-state index in [-0.39, 0.29) is 18.2 Å². The zero-order valence-electron chi connectivity index (χ0n) is 17.5. The number of hydrogen-bond donors (Lipinski definition) is 1. The van der Waals surface area contributed by atoms with Crippen molar-refractivity contribution < 1.29 is 9.32 Å². The van der Waals surface area contributed by atoms with Gasteiger partial charge in [0.2, 0.25) is 5.91 Å². The fourth-order valence-electron chi connectivity index (χ4n) is 3.71. The van der Waals surface area contributed by atoms with Crippen molar-refractivity contribution in [3.8, 4) is 11.5 Å². The molecule has 0 fully saturated rings. The van der Waals surface area contributed by atoms with Crippen molar-refractivity contribution in [2.75, 3.05) is 6.54 Å². The Labute approximate surface area is 182 Å². The van der Waals surface area contributed by atoms with E-state index in [4.69, 9.17) is 4.52 Å². The van der Waals surface area contributed by atoms with Crippen LogP contribution in [0.3, 0.4) is 0 Å². The molecule has 1 N–H and O–H groups in total. The molecule has 0 aliphatic rings. The van der Waals surface area contributed by atoms with E-state index in [9.17, 15) is 4.79 Å². The van der Waals surface area contributed by atoms with Crippen molar-refractivity contribution in [2.45, 2.75) is 25.7 Å². The van der Waals surface area contributed by atoms with E-state index < -0.39 is 0 Å². The Bertz CT molecular complexity index is 1080. The van der Waals surface area contributed by atoms with Crippen molar-refractivity contribution in [1.82, 2.24) is 15.5 Å². The van der Waals surface area contributed by atoms with Crippen LogP contribution in [0.15, 0.2) is 89.5 Å². The molecule has 3 aromatic carbocycles. The molecule has 0 bridgehead atoms. The standard InChI is InChI=1S/C26H25N3O2/c1-19-10-8-9-15-22(19)26-28-24(29-31-26)18-25(30)27-17-16-23(20-11-4-2-5-12-20)21-13-6-3-7-14-21/h2-15,23H,16-18H2,1H3,(H,27,30). The minimum absolute atomic E-state index is 0.0940. The van der Waals surface area contributed by atoms with Crippen LogP contribution in [0, 0.1) is 6.92 Å². The van der Waals surface area contributed by atoms with E-state index in [0.29, 0.717) is 18.3 Å². The monoisotopic (exact) mass is 411 g/mol. The molecule has 1 aromatic heterocycles. The summed E-state index contributed by atoms with van der Waals surface area (Å²) >= 11 is 0. The largest absolute Gasteiger partial charge is 0.356 e. The Morgan fingerprint density at radius 1 is 0.903 bits per heavy atom. The Morgan fingerprint density at radius 3 is 2.16 bits per heavy atom. The molecule has 31 heavy (non-hydrogen) atoms. The first-order chi connectivity index (χ1) is 15.2. The Balaban J connectivity index is 1.36. The fourth-order valence-corrected chi connectivity index (χ4v) is 3.71. The third kappa shape index (κ3) is 5.25. The summed E-state index contributed by atoms with van der Waals surface area (Å²) in [6.07, 6.45) is 0.900. The number of aromatic nitrogens is 2. The summed E-state index contributed by atoms with van der Waals surface area (Å²) in [6.45, 7) is 2.55. The number of nitrogens with one attached hydrogen (secondary N) is 1. The van der Waals surface area contributed by atoms with Crippen molar-refractivity contribution in [1.29, 1.82) is 0 Å². The van der Waals surface area contributed by atoms with Gasteiger partial charge in [-0.15, -0.1) is 0 Å². The van der Waals surface area contributed by atoms with Crippen molar-refractivity contribution in [3.05, 3.63) is 107 Å². The zero-order valence-corrected chi connectivity index (χ0v) is 17.5. The van der Waals surface area contributed by atoms with Crippen LogP contribution < -0.4 is 5.32 Å². The molecule has 156 valence electrons. The van der Waals surface area contributed by atoms with Gasteiger partial charge < -0.3 is 9.84 Å².